The number of nitrogens with one attached hydrogen (secondary N) is 1. The molecular weight excluding hydrogens is 582 g/mol. The Morgan fingerprint density at radius 1 is 0.886 bits per heavy atom. The van der Waals surface area contributed by atoms with Crippen molar-refractivity contribution in [1.29, 1.82) is 0 Å². The Labute approximate surface area is 260 Å². The van der Waals surface area contributed by atoms with Gasteiger partial charge in [-0.05, 0) is 102 Å². The Hall–Kier alpha value is -4.21. The maximum Gasteiger partial charge on any atom is 0.326 e. The van der Waals surface area contributed by atoms with E-state index in [9.17, 15) is 28.6 Å². The lowest BCUT2D eigenvalue weighted by Crippen LogP contribution is -2.41. The second-order valence-corrected chi connectivity index (χ2v) is 11.7. The number of halogens is 2. The van der Waals surface area contributed by atoms with Crippen LogP contribution in [0.5, 0.6) is 0 Å². The Balaban J connectivity index is 1.76. The number of anilines is 1. The van der Waals surface area contributed by atoms with Crippen molar-refractivity contribution in [3.63, 3.8) is 0 Å². The maximum absolute atomic E-state index is 14.1. The number of aryl methyl sites for hydroxylation is 1. The summed E-state index contributed by atoms with van der Waals surface area (Å²) in [6.45, 7) is 4.09. The predicted octanol–water partition coefficient (Wildman–Crippen LogP) is 7.14. The minimum Gasteiger partial charge on any atom is -0.480 e. The van der Waals surface area contributed by atoms with Gasteiger partial charge in [-0.25, -0.2) is 13.6 Å². The van der Waals surface area contributed by atoms with E-state index in [0.717, 1.165) is 28.4 Å². The number of thioether (sulfide) groups is 1. The number of benzene rings is 4. The Morgan fingerprint density at radius 2 is 1.59 bits per heavy atom. The number of hydrogen-bond donors (Lipinski definition) is 3. The molecule has 44 heavy (non-hydrogen) atoms. The van der Waals surface area contributed by atoms with Crippen molar-refractivity contribution in [2.45, 2.75) is 45.5 Å². The molecule has 0 aliphatic carbocycles. The molecule has 3 N–H and O–H groups in total. The predicted molar refractivity (Wildman–Crippen MR) is 172 cm³/mol. The highest BCUT2D eigenvalue weighted by Crippen LogP contribution is 2.31. The molecule has 1 unspecified atom stereocenters. The van der Waals surface area contributed by atoms with Gasteiger partial charge in [0.05, 0.1) is 6.10 Å². The van der Waals surface area contributed by atoms with Crippen molar-refractivity contribution >= 4 is 29.3 Å². The van der Waals surface area contributed by atoms with E-state index in [1.165, 1.54) is 23.9 Å². The first-order valence-corrected chi connectivity index (χ1v) is 15.6. The average molecular weight is 619 g/mol. The summed E-state index contributed by atoms with van der Waals surface area (Å²) in [5.41, 5.74) is 5.43. The van der Waals surface area contributed by atoms with Gasteiger partial charge in [0.25, 0.3) is 5.91 Å². The van der Waals surface area contributed by atoms with E-state index < -0.39 is 35.7 Å². The van der Waals surface area contributed by atoms with E-state index in [1.807, 2.05) is 72.7 Å². The van der Waals surface area contributed by atoms with Crippen LogP contribution in [-0.2, 0) is 17.9 Å². The SMILES string of the molecule is CSCC[C@H](NC(=O)c1ccc(CN(Cc2cc(F)cc(F)c2)c2cccc(C(C)O)c2)cc1-c1ccccc1C)C(=O)O. The van der Waals surface area contributed by atoms with E-state index in [2.05, 4.69) is 5.32 Å². The highest BCUT2D eigenvalue weighted by Gasteiger charge is 2.23. The van der Waals surface area contributed by atoms with Gasteiger partial charge in [0, 0.05) is 30.4 Å². The first kappa shape index (κ1) is 32.7. The quantitative estimate of drug-likeness (QED) is 0.148. The molecule has 0 bridgehead atoms. The van der Waals surface area contributed by atoms with E-state index >= 15 is 0 Å². The fraction of sp³-hybridized carbons (Fsp3) is 0.257. The van der Waals surface area contributed by atoms with Gasteiger partial charge in [0.2, 0.25) is 0 Å². The number of amides is 1. The molecule has 0 aromatic heterocycles. The van der Waals surface area contributed by atoms with Gasteiger partial charge < -0.3 is 20.4 Å². The molecule has 0 aliphatic heterocycles. The fourth-order valence-corrected chi connectivity index (χ4v) is 5.55. The molecule has 2 atom stereocenters. The van der Waals surface area contributed by atoms with Crippen LogP contribution in [-0.4, -0.2) is 40.1 Å². The summed E-state index contributed by atoms with van der Waals surface area (Å²) in [6.07, 6.45) is 1.46. The zero-order valence-electron chi connectivity index (χ0n) is 24.9. The van der Waals surface area contributed by atoms with Gasteiger partial charge in [-0.2, -0.15) is 11.8 Å². The zero-order chi connectivity index (χ0) is 31.8. The highest BCUT2D eigenvalue weighted by molar-refractivity contribution is 7.98. The summed E-state index contributed by atoms with van der Waals surface area (Å²) in [7, 11) is 0. The average Bonchev–Trinajstić information content (AvgIpc) is 2.98. The van der Waals surface area contributed by atoms with Crippen molar-refractivity contribution in [2.75, 3.05) is 16.9 Å². The zero-order valence-corrected chi connectivity index (χ0v) is 25.7. The number of nitrogens with zero attached hydrogens (tertiary/aromatic N) is 1. The van der Waals surface area contributed by atoms with Gasteiger partial charge in [-0.3, -0.25) is 4.79 Å². The molecule has 4 rings (SSSR count). The van der Waals surface area contributed by atoms with Crippen LogP contribution in [0.15, 0.2) is 84.9 Å². The molecule has 0 saturated heterocycles. The van der Waals surface area contributed by atoms with Crippen LogP contribution in [0.25, 0.3) is 11.1 Å². The number of carboxylic acid groups (broad SMARTS) is 1. The second kappa shape index (κ2) is 15.0. The third kappa shape index (κ3) is 8.45. The fourth-order valence-electron chi connectivity index (χ4n) is 5.08. The van der Waals surface area contributed by atoms with Gasteiger partial charge in [0.15, 0.2) is 0 Å². The molecule has 6 nitrogen and oxygen atoms in total. The smallest absolute Gasteiger partial charge is 0.326 e. The summed E-state index contributed by atoms with van der Waals surface area (Å²) < 4.78 is 28.2. The number of aliphatic hydroxyl groups excluding tert-OH is 1. The molecule has 0 radical (unpaired) electrons. The van der Waals surface area contributed by atoms with Crippen molar-refractivity contribution < 1.29 is 28.6 Å². The summed E-state index contributed by atoms with van der Waals surface area (Å²) in [5.74, 6) is -2.34. The Morgan fingerprint density at radius 3 is 2.25 bits per heavy atom. The molecule has 0 spiro atoms. The summed E-state index contributed by atoms with van der Waals surface area (Å²) in [6, 6.07) is 22.7. The molecule has 4 aromatic rings. The first-order valence-electron chi connectivity index (χ1n) is 14.2. The molecular formula is C35H36F2N2O4S. The van der Waals surface area contributed by atoms with Gasteiger partial charge in [0.1, 0.15) is 17.7 Å². The third-order valence-electron chi connectivity index (χ3n) is 7.36. The number of rotatable bonds is 13. The Bertz CT molecular complexity index is 1610. The van der Waals surface area contributed by atoms with Crippen LogP contribution in [0.2, 0.25) is 0 Å². The van der Waals surface area contributed by atoms with Crippen LogP contribution in [0, 0.1) is 18.6 Å². The molecule has 0 fully saturated rings. The van der Waals surface area contributed by atoms with Gasteiger partial charge in [-0.1, -0.05) is 42.5 Å². The van der Waals surface area contributed by atoms with E-state index in [-0.39, 0.29) is 6.54 Å². The van der Waals surface area contributed by atoms with E-state index in [1.54, 1.807) is 19.1 Å². The standard InChI is InChI=1S/C35H36F2N2O4S/c1-22-7-4-5-10-30(22)32-17-24(11-12-31(32)34(41)38-33(35(42)43)13-14-44-3)20-39(21-25-15-27(36)19-28(37)16-25)29-9-6-8-26(18-29)23(2)40/h4-12,15-19,23,33,40H,13-14,20-21H2,1-3H3,(H,38,41)(H,42,43)/t23?,33-/m0/s1. The van der Waals surface area contributed by atoms with Crippen molar-refractivity contribution in [2.24, 2.45) is 0 Å². The van der Waals surface area contributed by atoms with E-state index in [0.29, 0.717) is 41.0 Å². The minimum atomic E-state index is -1.09. The van der Waals surface area contributed by atoms with Crippen molar-refractivity contribution in [1.82, 2.24) is 5.32 Å². The molecule has 230 valence electrons. The first-order chi connectivity index (χ1) is 21.0. The van der Waals surface area contributed by atoms with Crippen LogP contribution >= 0.6 is 11.8 Å². The molecule has 1 amide bonds. The van der Waals surface area contributed by atoms with Crippen LogP contribution in [0.3, 0.4) is 0 Å². The molecule has 0 heterocycles. The second-order valence-electron chi connectivity index (χ2n) is 10.7. The normalized spacial score (nSPS) is 12.4. The minimum absolute atomic E-state index is 0.176. The topological polar surface area (TPSA) is 89.9 Å². The molecule has 9 heteroatoms. The molecule has 0 saturated carbocycles. The summed E-state index contributed by atoms with van der Waals surface area (Å²) >= 11 is 1.51. The van der Waals surface area contributed by atoms with Gasteiger partial charge in [-0.15, -0.1) is 0 Å². The lowest BCUT2D eigenvalue weighted by atomic mass is 9.93. The van der Waals surface area contributed by atoms with Crippen molar-refractivity contribution in [3.8, 4) is 11.1 Å². The van der Waals surface area contributed by atoms with Gasteiger partial charge >= 0.3 is 5.97 Å². The number of carboxylic acids is 1. The number of aliphatic hydroxyl groups is 1. The number of carbonyl (C=O) groups excluding carboxylic acids is 1. The van der Waals surface area contributed by atoms with Crippen LogP contribution in [0.1, 0.15) is 52.1 Å². The lowest BCUT2D eigenvalue weighted by Gasteiger charge is -2.27. The molecule has 0 aliphatic rings. The van der Waals surface area contributed by atoms with Crippen molar-refractivity contribution in [3.05, 3.63) is 124 Å². The van der Waals surface area contributed by atoms with Crippen LogP contribution < -0.4 is 10.2 Å². The number of carbonyl (C=O) groups is 2. The van der Waals surface area contributed by atoms with E-state index in [4.69, 9.17) is 0 Å². The number of aliphatic carboxylic acids is 1. The molecule has 4 aromatic carbocycles. The monoisotopic (exact) mass is 618 g/mol. The lowest BCUT2D eigenvalue weighted by molar-refractivity contribution is -0.139. The Kier molecular flexibility index (Phi) is 11.1. The summed E-state index contributed by atoms with van der Waals surface area (Å²) in [5, 5.41) is 22.6. The number of hydrogen-bond acceptors (Lipinski definition) is 5. The largest absolute Gasteiger partial charge is 0.480 e. The third-order valence-corrected chi connectivity index (χ3v) is 8.01. The highest BCUT2D eigenvalue weighted by atomic mass is 32.2. The summed E-state index contributed by atoms with van der Waals surface area (Å²) in [4.78, 5) is 27.3. The van der Waals surface area contributed by atoms with Crippen LogP contribution in [0.4, 0.5) is 14.5 Å². The maximum atomic E-state index is 14.1.